The first kappa shape index (κ1) is 9.74. The first-order valence-electron chi connectivity index (χ1n) is 4.38. The lowest BCUT2D eigenvalue weighted by Gasteiger charge is -2.00. The number of rotatable bonds is 2. The third kappa shape index (κ3) is 1.70. The second kappa shape index (κ2) is 3.75. The molecule has 0 spiro atoms. The van der Waals surface area contributed by atoms with E-state index in [0.29, 0.717) is 6.61 Å². The molecule has 14 heavy (non-hydrogen) atoms. The number of fused-ring (bicyclic) bond motifs is 1. The average Bonchev–Trinajstić information content (AvgIpc) is 2.47. The minimum atomic E-state index is 0.624. The molecule has 2 aromatic rings. The minimum Gasteiger partial charge on any atom is -0.460 e. The molecule has 0 unspecified atom stereocenters. The summed E-state index contributed by atoms with van der Waals surface area (Å²) in [6.07, 6.45) is 0. The molecule has 0 N–H and O–H groups in total. The Labute approximate surface area is 91.0 Å². The summed E-state index contributed by atoms with van der Waals surface area (Å²) < 4.78 is 11.6. The van der Waals surface area contributed by atoms with Crippen LogP contribution in [0.5, 0.6) is 0 Å². The first-order chi connectivity index (χ1) is 6.70. The number of furan rings is 1. The Kier molecular flexibility index (Phi) is 2.61. The van der Waals surface area contributed by atoms with Crippen LogP contribution in [0, 0.1) is 6.92 Å². The van der Waals surface area contributed by atoms with Gasteiger partial charge in [0.25, 0.3) is 0 Å². The van der Waals surface area contributed by atoms with Crippen molar-refractivity contribution in [2.45, 2.75) is 13.5 Å². The Hall–Kier alpha value is -0.800. The van der Waals surface area contributed by atoms with Crippen LogP contribution in [0.4, 0.5) is 0 Å². The van der Waals surface area contributed by atoms with Crippen molar-refractivity contribution in [1.29, 1.82) is 0 Å². The summed E-state index contributed by atoms with van der Waals surface area (Å²) in [6, 6.07) is 6.13. The number of aryl methyl sites for hydroxylation is 1. The second-order valence-corrected chi connectivity index (χ2v) is 4.14. The molecule has 0 bridgehead atoms. The lowest BCUT2D eigenvalue weighted by molar-refractivity contribution is 0.185. The van der Waals surface area contributed by atoms with E-state index in [2.05, 4.69) is 22.0 Å². The fourth-order valence-corrected chi connectivity index (χ4v) is 2.15. The van der Waals surface area contributed by atoms with Gasteiger partial charge >= 0.3 is 0 Å². The van der Waals surface area contributed by atoms with Gasteiger partial charge in [-0.2, -0.15) is 0 Å². The molecular formula is C11H11BrO2. The van der Waals surface area contributed by atoms with Gasteiger partial charge in [0.05, 0.1) is 11.1 Å². The zero-order chi connectivity index (χ0) is 10.1. The highest BCUT2D eigenvalue weighted by Crippen LogP contribution is 2.28. The molecule has 0 atom stereocenters. The molecule has 0 amide bonds. The van der Waals surface area contributed by atoms with E-state index in [4.69, 9.17) is 9.15 Å². The Morgan fingerprint density at radius 2 is 2.14 bits per heavy atom. The summed E-state index contributed by atoms with van der Waals surface area (Å²) in [7, 11) is 1.69. The van der Waals surface area contributed by atoms with E-state index in [1.54, 1.807) is 7.11 Å². The van der Waals surface area contributed by atoms with Gasteiger partial charge in [0.1, 0.15) is 11.3 Å². The van der Waals surface area contributed by atoms with E-state index >= 15 is 0 Å². The third-order valence-electron chi connectivity index (χ3n) is 2.06. The predicted octanol–water partition coefficient (Wildman–Crippen LogP) is 3.65. The molecule has 74 valence electrons. The number of methoxy groups -OCH3 is 1. The number of benzene rings is 1. The summed E-state index contributed by atoms with van der Waals surface area (Å²) >= 11 is 3.48. The summed E-state index contributed by atoms with van der Waals surface area (Å²) in [5.74, 6) is 0.926. The minimum absolute atomic E-state index is 0.624. The van der Waals surface area contributed by atoms with Gasteiger partial charge in [-0.3, -0.25) is 0 Å². The molecular weight excluding hydrogens is 244 g/mol. The molecule has 0 fully saturated rings. The fourth-order valence-electron chi connectivity index (χ4n) is 1.55. The lowest BCUT2D eigenvalue weighted by Crippen LogP contribution is -1.86. The zero-order valence-corrected chi connectivity index (χ0v) is 9.72. The lowest BCUT2D eigenvalue weighted by atomic mass is 10.2. The van der Waals surface area contributed by atoms with Crippen molar-refractivity contribution in [3.05, 3.63) is 34.0 Å². The van der Waals surface area contributed by atoms with E-state index in [1.807, 2.05) is 19.1 Å². The van der Waals surface area contributed by atoms with Crippen LogP contribution in [-0.4, -0.2) is 7.11 Å². The van der Waals surface area contributed by atoms with Gasteiger partial charge in [0.2, 0.25) is 0 Å². The zero-order valence-electron chi connectivity index (χ0n) is 8.13. The molecule has 0 radical (unpaired) electrons. The molecule has 1 aromatic carbocycles. The Morgan fingerprint density at radius 3 is 2.86 bits per heavy atom. The van der Waals surface area contributed by atoms with Crippen LogP contribution in [-0.2, 0) is 11.3 Å². The summed E-state index contributed by atoms with van der Waals surface area (Å²) in [5, 5.41) is 1.11. The monoisotopic (exact) mass is 254 g/mol. The van der Waals surface area contributed by atoms with Crippen LogP contribution in [0.1, 0.15) is 11.3 Å². The van der Waals surface area contributed by atoms with Gasteiger partial charge in [0, 0.05) is 12.5 Å². The molecule has 0 saturated carbocycles. The SMILES string of the molecule is COCc1cc(Br)c2oc(C)cc2c1. The normalized spacial score (nSPS) is 11.1. The van der Waals surface area contributed by atoms with E-state index in [-0.39, 0.29) is 0 Å². The molecule has 2 rings (SSSR count). The van der Waals surface area contributed by atoms with Crippen LogP contribution in [0.25, 0.3) is 11.0 Å². The van der Waals surface area contributed by atoms with E-state index < -0.39 is 0 Å². The predicted molar refractivity (Wildman–Crippen MR) is 59.4 cm³/mol. The molecule has 2 nitrogen and oxygen atoms in total. The van der Waals surface area contributed by atoms with Crippen LogP contribution < -0.4 is 0 Å². The number of hydrogen-bond donors (Lipinski definition) is 0. The van der Waals surface area contributed by atoms with Crippen molar-refractivity contribution in [2.75, 3.05) is 7.11 Å². The standard InChI is InChI=1S/C11H11BrO2/c1-7-3-9-4-8(6-13-2)5-10(12)11(9)14-7/h3-5H,6H2,1-2H3. The topological polar surface area (TPSA) is 22.4 Å². The van der Waals surface area contributed by atoms with E-state index in [1.165, 1.54) is 0 Å². The van der Waals surface area contributed by atoms with Crippen molar-refractivity contribution in [1.82, 2.24) is 0 Å². The second-order valence-electron chi connectivity index (χ2n) is 3.29. The molecule has 1 aromatic heterocycles. The molecule has 0 saturated heterocycles. The van der Waals surface area contributed by atoms with Gasteiger partial charge in [-0.1, -0.05) is 0 Å². The highest BCUT2D eigenvalue weighted by molar-refractivity contribution is 9.10. The molecule has 0 aliphatic rings. The van der Waals surface area contributed by atoms with Crippen LogP contribution in [0.15, 0.2) is 27.1 Å². The van der Waals surface area contributed by atoms with Gasteiger partial charge in [-0.25, -0.2) is 0 Å². The van der Waals surface area contributed by atoms with Crippen LogP contribution >= 0.6 is 15.9 Å². The first-order valence-corrected chi connectivity index (χ1v) is 5.17. The van der Waals surface area contributed by atoms with Gasteiger partial charge in [-0.05, 0) is 46.6 Å². The summed E-state index contributed by atoms with van der Waals surface area (Å²) in [4.78, 5) is 0. The Balaban J connectivity index is 2.59. The molecule has 0 aliphatic carbocycles. The van der Waals surface area contributed by atoms with Gasteiger partial charge in [-0.15, -0.1) is 0 Å². The van der Waals surface area contributed by atoms with Crippen LogP contribution in [0.3, 0.4) is 0 Å². The van der Waals surface area contributed by atoms with Crippen LogP contribution in [0.2, 0.25) is 0 Å². The quantitative estimate of drug-likeness (QED) is 0.817. The Bertz CT molecular complexity index is 460. The summed E-state index contributed by atoms with van der Waals surface area (Å²) in [5.41, 5.74) is 2.05. The smallest absolute Gasteiger partial charge is 0.148 e. The molecule has 0 aliphatic heterocycles. The van der Waals surface area contributed by atoms with Crippen molar-refractivity contribution >= 4 is 26.9 Å². The maximum atomic E-state index is 5.54. The maximum absolute atomic E-state index is 5.54. The van der Waals surface area contributed by atoms with Gasteiger partial charge in [0.15, 0.2) is 0 Å². The van der Waals surface area contributed by atoms with E-state index in [0.717, 1.165) is 26.8 Å². The van der Waals surface area contributed by atoms with Crippen molar-refractivity contribution in [3.63, 3.8) is 0 Å². The third-order valence-corrected chi connectivity index (χ3v) is 2.65. The molecule has 3 heteroatoms. The fraction of sp³-hybridized carbons (Fsp3) is 0.273. The Morgan fingerprint density at radius 1 is 1.36 bits per heavy atom. The highest BCUT2D eigenvalue weighted by atomic mass is 79.9. The van der Waals surface area contributed by atoms with Crippen molar-refractivity contribution < 1.29 is 9.15 Å². The average molecular weight is 255 g/mol. The molecule has 1 heterocycles. The van der Waals surface area contributed by atoms with Gasteiger partial charge < -0.3 is 9.15 Å². The summed E-state index contributed by atoms with van der Waals surface area (Å²) in [6.45, 7) is 2.57. The number of ether oxygens (including phenoxy) is 1. The van der Waals surface area contributed by atoms with E-state index in [9.17, 15) is 0 Å². The van der Waals surface area contributed by atoms with Crippen molar-refractivity contribution in [2.24, 2.45) is 0 Å². The van der Waals surface area contributed by atoms with Crippen molar-refractivity contribution in [3.8, 4) is 0 Å². The highest BCUT2D eigenvalue weighted by Gasteiger charge is 2.06. The number of hydrogen-bond acceptors (Lipinski definition) is 2. The number of halogens is 1. The largest absolute Gasteiger partial charge is 0.460 e. The maximum Gasteiger partial charge on any atom is 0.148 e.